The van der Waals surface area contributed by atoms with E-state index in [1.165, 1.54) is 13.8 Å². The van der Waals surface area contributed by atoms with Crippen LogP contribution in [-0.4, -0.2) is 36.6 Å². The number of anilines is 2. The second-order valence-corrected chi connectivity index (χ2v) is 12.1. The Morgan fingerprint density at radius 2 is 1.70 bits per heavy atom. The summed E-state index contributed by atoms with van der Waals surface area (Å²) in [5.41, 5.74) is -2.76. The van der Waals surface area contributed by atoms with Crippen LogP contribution in [0.5, 0.6) is 0 Å². The van der Waals surface area contributed by atoms with Gasteiger partial charge in [-0.1, -0.05) is 0 Å². The van der Waals surface area contributed by atoms with Crippen LogP contribution in [0.2, 0.25) is 0 Å². The third-order valence-corrected chi connectivity index (χ3v) is 8.37. The smallest absolute Gasteiger partial charge is 0.382 e. The Morgan fingerprint density at radius 3 is 2.38 bits per heavy atom. The highest BCUT2D eigenvalue weighted by atomic mass is 32.2. The Labute approximate surface area is 226 Å². The van der Waals surface area contributed by atoms with E-state index in [0.717, 1.165) is 36.4 Å². The lowest BCUT2D eigenvalue weighted by atomic mass is 9.90. The lowest BCUT2D eigenvalue weighted by Gasteiger charge is -2.31. The molecule has 0 radical (unpaired) electrons. The van der Waals surface area contributed by atoms with E-state index < -0.39 is 73.8 Å². The largest absolute Gasteiger partial charge is 0.433 e. The molecule has 2 aromatic carbocycles. The molecule has 2 atom stereocenters. The van der Waals surface area contributed by atoms with Crippen molar-refractivity contribution < 1.29 is 39.6 Å². The number of nitrogens with zero attached hydrogens (tertiary/aromatic N) is 1. The standard InChI is InChI=1S/C26H26F6N4O3S/c1-13(2)40(38,39)36-20-9-7-18(28)23(24(20)29)25(37)34-16-5-3-4-15(11-16)33-21-12-22(26(30,31)32)35-19-8-6-14(27)10-17(19)21/h6-10,12-13,15-16,36H,3-5,11H2,1-2H3,(H,33,35)(H,34,37)/t15-,16+/m0/s1. The minimum atomic E-state index is -4.74. The zero-order valence-corrected chi connectivity index (χ0v) is 22.2. The molecule has 216 valence electrons. The fourth-order valence-corrected chi connectivity index (χ4v) is 5.20. The number of carbonyl (C=O) groups excluding carboxylic acids is 1. The molecule has 7 nitrogen and oxygen atoms in total. The van der Waals surface area contributed by atoms with Crippen LogP contribution in [0, 0.1) is 17.5 Å². The van der Waals surface area contributed by atoms with Crippen molar-refractivity contribution in [1.82, 2.24) is 10.3 Å². The number of pyridine rings is 1. The second-order valence-electron chi connectivity index (χ2n) is 9.87. The predicted molar refractivity (Wildman–Crippen MR) is 138 cm³/mol. The van der Waals surface area contributed by atoms with Crippen molar-refractivity contribution in [1.29, 1.82) is 0 Å². The molecule has 0 unspecified atom stereocenters. The van der Waals surface area contributed by atoms with Gasteiger partial charge in [-0.3, -0.25) is 9.52 Å². The summed E-state index contributed by atoms with van der Waals surface area (Å²) in [5.74, 6) is -4.34. The highest BCUT2D eigenvalue weighted by molar-refractivity contribution is 7.93. The molecular formula is C26H26F6N4O3S. The van der Waals surface area contributed by atoms with Gasteiger partial charge in [-0.05, 0) is 75.9 Å². The molecule has 1 fully saturated rings. The summed E-state index contributed by atoms with van der Waals surface area (Å²) in [6, 6.07) is 4.58. The topological polar surface area (TPSA) is 100 Å². The average molecular weight is 589 g/mol. The van der Waals surface area contributed by atoms with E-state index >= 15 is 4.39 Å². The van der Waals surface area contributed by atoms with Crippen LogP contribution in [0.3, 0.4) is 0 Å². The molecule has 1 saturated carbocycles. The Kier molecular flexibility index (Phi) is 8.20. The van der Waals surface area contributed by atoms with Gasteiger partial charge in [0.25, 0.3) is 5.91 Å². The fraction of sp³-hybridized carbons (Fsp3) is 0.385. The number of nitrogens with one attached hydrogen (secondary N) is 3. The van der Waals surface area contributed by atoms with E-state index in [1.807, 2.05) is 4.72 Å². The van der Waals surface area contributed by atoms with E-state index in [2.05, 4.69) is 15.6 Å². The molecular weight excluding hydrogens is 562 g/mol. The van der Waals surface area contributed by atoms with Crippen molar-refractivity contribution in [3.63, 3.8) is 0 Å². The van der Waals surface area contributed by atoms with E-state index in [9.17, 15) is 35.2 Å². The molecule has 1 heterocycles. The zero-order chi connectivity index (χ0) is 29.4. The van der Waals surface area contributed by atoms with Crippen LogP contribution in [0.1, 0.15) is 55.6 Å². The second kappa shape index (κ2) is 11.1. The van der Waals surface area contributed by atoms with E-state index in [-0.39, 0.29) is 23.0 Å². The number of carbonyl (C=O) groups is 1. The van der Waals surface area contributed by atoms with Crippen molar-refractivity contribution in [2.24, 2.45) is 0 Å². The average Bonchev–Trinajstić information content (AvgIpc) is 2.85. The first kappa shape index (κ1) is 29.4. The Balaban J connectivity index is 1.54. The molecule has 0 spiro atoms. The molecule has 1 aromatic heterocycles. The minimum Gasteiger partial charge on any atom is -0.382 e. The maximum Gasteiger partial charge on any atom is 0.433 e. The number of fused-ring (bicyclic) bond motifs is 1. The number of benzene rings is 2. The van der Waals surface area contributed by atoms with Crippen LogP contribution in [0.15, 0.2) is 36.4 Å². The Hall–Kier alpha value is -3.55. The van der Waals surface area contributed by atoms with Gasteiger partial charge in [0, 0.05) is 23.2 Å². The molecule has 1 aliphatic rings. The summed E-state index contributed by atoms with van der Waals surface area (Å²) >= 11 is 0. The first-order valence-corrected chi connectivity index (χ1v) is 13.9. The molecule has 3 aromatic rings. The van der Waals surface area contributed by atoms with Crippen molar-refractivity contribution in [3.8, 4) is 0 Å². The van der Waals surface area contributed by atoms with Gasteiger partial charge >= 0.3 is 6.18 Å². The monoisotopic (exact) mass is 588 g/mol. The molecule has 0 bridgehead atoms. The van der Waals surface area contributed by atoms with Crippen molar-refractivity contribution in [2.45, 2.75) is 63.0 Å². The lowest BCUT2D eigenvalue weighted by Crippen LogP contribution is -2.42. The quantitative estimate of drug-likeness (QED) is 0.295. The molecule has 0 aliphatic heterocycles. The predicted octanol–water partition coefficient (Wildman–Crippen LogP) is 5.97. The molecule has 4 rings (SSSR count). The molecule has 0 saturated heterocycles. The lowest BCUT2D eigenvalue weighted by molar-refractivity contribution is -0.140. The van der Waals surface area contributed by atoms with Crippen LogP contribution in [0.4, 0.5) is 37.7 Å². The molecule has 14 heteroatoms. The van der Waals surface area contributed by atoms with Crippen LogP contribution >= 0.6 is 0 Å². The normalized spacial score (nSPS) is 18.1. The van der Waals surface area contributed by atoms with Gasteiger partial charge in [0.05, 0.1) is 16.5 Å². The van der Waals surface area contributed by atoms with E-state index in [0.29, 0.717) is 19.3 Å². The van der Waals surface area contributed by atoms with Gasteiger partial charge in [-0.25, -0.2) is 26.6 Å². The first-order chi connectivity index (χ1) is 18.7. The van der Waals surface area contributed by atoms with Gasteiger partial charge < -0.3 is 10.6 Å². The highest BCUT2D eigenvalue weighted by Gasteiger charge is 2.34. The number of alkyl halides is 3. The highest BCUT2D eigenvalue weighted by Crippen LogP contribution is 2.35. The molecule has 40 heavy (non-hydrogen) atoms. The molecule has 1 aliphatic carbocycles. The fourth-order valence-electron chi connectivity index (χ4n) is 4.50. The van der Waals surface area contributed by atoms with Crippen LogP contribution in [-0.2, 0) is 16.2 Å². The van der Waals surface area contributed by atoms with E-state index in [1.54, 1.807) is 0 Å². The van der Waals surface area contributed by atoms with Crippen molar-refractivity contribution in [2.75, 3.05) is 10.0 Å². The number of hydrogen-bond donors (Lipinski definition) is 3. The SMILES string of the molecule is CC(C)S(=O)(=O)Nc1ccc(F)c(C(=O)N[C@@H]2CCC[C@H](Nc3cc(C(F)(F)F)nc4ccc(F)cc34)C2)c1F. The third-order valence-electron chi connectivity index (χ3n) is 6.62. The summed E-state index contributed by atoms with van der Waals surface area (Å²) < 4.78 is 110. The number of halogens is 6. The van der Waals surface area contributed by atoms with Crippen LogP contribution in [0.25, 0.3) is 10.9 Å². The minimum absolute atomic E-state index is 0.0102. The van der Waals surface area contributed by atoms with Crippen LogP contribution < -0.4 is 15.4 Å². The van der Waals surface area contributed by atoms with E-state index in [4.69, 9.17) is 0 Å². The number of rotatable bonds is 7. The summed E-state index contributed by atoms with van der Waals surface area (Å²) in [5, 5.41) is 4.76. The summed E-state index contributed by atoms with van der Waals surface area (Å²) in [4.78, 5) is 16.5. The summed E-state index contributed by atoms with van der Waals surface area (Å²) in [6.07, 6.45) is -3.11. The number of amides is 1. The number of hydrogen-bond acceptors (Lipinski definition) is 5. The van der Waals surface area contributed by atoms with Gasteiger partial charge in [-0.2, -0.15) is 13.2 Å². The zero-order valence-electron chi connectivity index (χ0n) is 21.4. The maximum atomic E-state index is 15.0. The van der Waals surface area contributed by atoms with Crippen molar-refractivity contribution in [3.05, 3.63) is 65.1 Å². The number of aromatic nitrogens is 1. The first-order valence-electron chi connectivity index (χ1n) is 12.4. The third kappa shape index (κ3) is 6.43. The van der Waals surface area contributed by atoms with Crippen molar-refractivity contribution >= 4 is 38.2 Å². The van der Waals surface area contributed by atoms with Gasteiger partial charge in [0.15, 0.2) is 5.82 Å². The summed E-state index contributed by atoms with van der Waals surface area (Å²) in [6.45, 7) is 2.72. The van der Waals surface area contributed by atoms with Gasteiger partial charge in [0.2, 0.25) is 10.0 Å². The van der Waals surface area contributed by atoms with Gasteiger partial charge in [0.1, 0.15) is 22.9 Å². The Morgan fingerprint density at radius 1 is 1.00 bits per heavy atom. The van der Waals surface area contributed by atoms with Gasteiger partial charge in [-0.15, -0.1) is 0 Å². The molecule has 1 amide bonds. The number of sulfonamides is 1. The summed E-state index contributed by atoms with van der Waals surface area (Å²) in [7, 11) is -3.97. The maximum absolute atomic E-state index is 15.0. The Bertz CT molecular complexity index is 1550. The molecule has 3 N–H and O–H groups in total.